The van der Waals surface area contributed by atoms with Gasteiger partial charge in [-0.25, -0.2) is 0 Å². The molecule has 1 fully saturated rings. The summed E-state index contributed by atoms with van der Waals surface area (Å²) in [5.41, 5.74) is 2.54. The maximum atomic E-state index is 12.3. The minimum absolute atomic E-state index is 0. The molecule has 1 aliphatic heterocycles. The Balaban J connectivity index is 0.00000264. The van der Waals surface area contributed by atoms with Gasteiger partial charge in [0, 0.05) is 19.6 Å². The van der Waals surface area contributed by atoms with Gasteiger partial charge in [0.05, 0.1) is 5.92 Å². The second kappa shape index (κ2) is 12.5. The lowest BCUT2D eigenvalue weighted by molar-refractivity contribution is -0.125. The van der Waals surface area contributed by atoms with Gasteiger partial charge in [-0.15, -0.1) is 24.8 Å². The van der Waals surface area contributed by atoms with Crippen LogP contribution in [0.5, 0.6) is 0 Å². The maximum absolute atomic E-state index is 12.3. The number of hydrogen-bond acceptors (Lipinski definition) is 3. The van der Waals surface area contributed by atoms with E-state index in [4.69, 9.17) is 0 Å². The first kappa shape index (κ1) is 23.2. The lowest BCUT2D eigenvalue weighted by atomic mass is 9.98. The Morgan fingerprint density at radius 1 is 1.21 bits per heavy atom. The molecule has 0 spiro atoms. The molecular formula is C18H31Cl2N3O. The normalized spacial score (nSPS) is 16.9. The molecule has 0 radical (unpaired) electrons. The van der Waals surface area contributed by atoms with Gasteiger partial charge < -0.3 is 10.6 Å². The van der Waals surface area contributed by atoms with E-state index < -0.39 is 0 Å². The molecule has 138 valence electrons. The number of amides is 1. The molecule has 1 heterocycles. The quantitative estimate of drug-likeness (QED) is 0.769. The predicted molar refractivity (Wildman–Crippen MR) is 105 cm³/mol. The number of rotatable bonds is 7. The van der Waals surface area contributed by atoms with Crippen LogP contribution in [0.15, 0.2) is 24.3 Å². The van der Waals surface area contributed by atoms with E-state index in [0.29, 0.717) is 6.54 Å². The molecule has 0 saturated carbocycles. The number of nitrogens with zero attached hydrogens (tertiary/aromatic N) is 1. The van der Waals surface area contributed by atoms with Crippen LogP contribution in [0.25, 0.3) is 0 Å². The van der Waals surface area contributed by atoms with E-state index >= 15 is 0 Å². The first-order chi connectivity index (χ1) is 10.7. The SMILES string of the molecule is CCN(CC)Cc1ccccc1CNC(=O)[C@@H]1CCCNC1.Cl.Cl. The summed E-state index contributed by atoms with van der Waals surface area (Å²) in [5.74, 6) is 0.313. The standard InChI is InChI=1S/C18H29N3O.2ClH/c1-3-21(4-2)14-17-9-6-5-8-15(17)13-20-18(22)16-10-7-11-19-12-16;;/h5-6,8-9,16,19H,3-4,7,10-14H2,1-2H3,(H,20,22);2*1H/t16-;;/m1../s1. The number of piperidine rings is 1. The molecule has 1 saturated heterocycles. The first-order valence-corrected chi connectivity index (χ1v) is 8.52. The van der Waals surface area contributed by atoms with E-state index in [1.165, 1.54) is 11.1 Å². The van der Waals surface area contributed by atoms with Crippen LogP contribution < -0.4 is 10.6 Å². The van der Waals surface area contributed by atoms with Crippen molar-refractivity contribution < 1.29 is 4.79 Å². The Morgan fingerprint density at radius 2 is 1.88 bits per heavy atom. The Labute approximate surface area is 158 Å². The highest BCUT2D eigenvalue weighted by molar-refractivity contribution is 5.85. The summed E-state index contributed by atoms with van der Waals surface area (Å²) in [6.07, 6.45) is 2.09. The maximum Gasteiger partial charge on any atom is 0.224 e. The molecule has 4 nitrogen and oxygen atoms in total. The van der Waals surface area contributed by atoms with Crippen molar-refractivity contribution in [2.45, 2.75) is 39.8 Å². The fourth-order valence-corrected chi connectivity index (χ4v) is 2.97. The van der Waals surface area contributed by atoms with Crippen molar-refractivity contribution in [3.8, 4) is 0 Å². The van der Waals surface area contributed by atoms with Crippen LogP contribution in [-0.2, 0) is 17.9 Å². The molecule has 0 aromatic heterocycles. The van der Waals surface area contributed by atoms with Crippen molar-refractivity contribution in [3.63, 3.8) is 0 Å². The zero-order chi connectivity index (χ0) is 15.8. The van der Waals surface area contributed by atoms with Crippen molar-refractivity contribution in [2.75, 3.05) is 26.2 Å². The minimum Gasteiger partial charge on any atom is -0.352 e. The van der Waals surface area contributed by atoms with Crippen molar-refractivity contribution >= 4 is 30.7 Å². The van der Waals surface area contributed by atoms with Gasteiger partial charge in [0.15, 0.2) is 0 Å². The van der Waals surface area contributed by atoms with E-state index in [2.05, 4.69) is 53.6 Å². The average molecular weight is 376 g/mol. The number of benzene rings is 1. The Bertz CT molecular complexity index is 475. The molecule has 2 N–H and O–H groups in total. The zero-order valence-corrected chi connectivity index (χ0v) is 16.3. The summed E-state index contributed by atoms with van der Waals surface area (Å²) < 4.78 is 0. The number of halogens is 2. The number of carbonyl (C=O) groups is 1. The molecule has 6 heteroatoms. The molecular weight excluding hydrogens is 345 g/mol. The fourth-order valence-electron chi connectivity index (χ4n) is 2.97. The van der Waals surface area contributed by atoms with Crippen LogP contribution in [-0.4, -0.2) is 37.0 Å². The minimum atomic E-state index is 0. The lowest BCUT2D eigenvalue weighted by Crippen LogP contribution is -2.40. The Hall–Kier alpha value is -0.810. The highest BCUT2D eigenvalue weighted by atomic mass is 35.5. The van der Waals surface area contributed by atoms with Gasteiger partial charge in [0.2, 0.25) is 5.91 Å². The molecule has 1 amide bonds. The third kappa shape index (κ3) is 6.98. The van der Waals surface area contributed by atoms with Crippen LogP contribution in [0, 0.1) is 5.92 Å². The predicted octanol–water partition coefficient (Wildman–Crippen LogP) is 2.99. The van der Waals surface area contributed by atoms with Crippen LogP contribution in [0.1, 0.15) is 37.8 Å². The molecule has 1 aromatic rings. The van der Waals surface area contributed by atoms with E-state index in [-0.39, 0.29) is 36.6 Å². The second-order valence-corrected chi connectivity index (χ2v) is 5.99. The summed E-state index contributed by atoms with van der Waals surface area (Å²) in [4.78, 5) is 14.7. The molecule has 1 atom stereocenters. The topological polar surface area (TPSA) is 44.4 Å². The van der Waals surface area contributed by atoms with Crippen molar-refractivity contribution in [1.82, 2.24) is 15.5 Å². The summed E-state index contributed by atoms with van der Waals surface area (Å²) in [5, 5.41) is 6.42. The molecule has 0 unspecified atom stereocenters. The molecule has 0 bridgehead atoms. The highest BCUT2D eigenvalue weighted by Gasteiger charge is 2.20. The van der Waals surface area contributed by atoms with E-state index in [9.17, 15) is 4.79 Å². The molecule has 1 aliphatic rings. The van der Waals surface area contributed by atoms with Crippen LogP contribution >= 0.6 is 24.8 Å². The van der Waals surface area contributed by atoms with Crippen molar-refractivity contribution in [2.24, 2.45) is 5.92 Å². The van der Waals surface area contributed by atoms with Crippen LogP contribution in [0.4, 0.5) is 0 Å². The Morgan fingerprint density at radius 3 is 2.46 bits per heavy atom. The number of hydrogen-bond donors (Lipinski definition) is 2. The number of carbonyl (C=O) groups excluding carboxylic acids is 1. The average Bonchev–Trinajstić information content (AvgIpc) is 2.59. The summed E-state index contributed by atoms with van der Waals surface area (Å²) in [7, 11) is 0. The van der Waals surface area contributed by atoms with E-state index in [1.54, 1.807) is 0 Å². The van der Waals surface area contributed by atoms with Gasteiger partial charge in [0.25, 0.3) is 0 Å². The van der Waals surface area contributed by atoms with Gasteiger partial charge in [-0.3, -0.25) is 9.69 Å². The monoisotopic (exact) mass is 375 g/mol. The van der Waals surface area contributed by atoms with Gasteiger partial charge in [-0.2, -0.15) is 0 Å². The summed E-state index contributed by atoms with van der Waals surface area (Å²) in [6, 6.07) is 8.42. The Kier molecular flexibility index (Phi) is 12.1. The third-order valence-electron chi connectivity index (χ3n) is 4.53. The zero-order valence-electron chi connectivity index (χ0n) is 14.7. The van der Waals surface area contributed by atoms with Gasteiger partial charge in [0.1, 0.15) is 0 Å². The van der Waals surface area contributed by atoms with E-state index in [1.807, 2.05) is 0 Å². The molecule has 24 heavy (non-hydrogen) atoms. The number of nitrogens with one attached hydrogen (secondary N) is 2. The summed E-state index contributed by atoms with van der Waals surface area (Å²) >= 11 is 0. The highest BCUT2D eigenvalue weighted by Crippen LogP contribution is 2.13. The van der Waals surface area contributed by atoms with Crippen molar-refractivity contribution in [3.05, 3.63) is 35.4 Å². The first-order valence-electron chi connectivity index (χ1n) is 8.52. The largest absolute Gasteiger partial charge is 0.352 e. The van der Waals surface area contributed by atoms with E-state index in [0.717, 1.165) is 45.6 Å². The second-order valence-electron chi connectivity index (χ2n) is 5.99. The molecule has 1 aromatic carbocycles. The van der Waals surface area contributed by atoms with Gasteiger partial charge in [-0.1, -0.05) is 38.1 Å². The van der Waals surface area contributed by atoms with Crippen molar-refractivity contribution in [1.29, 1.82) is 0 Å². The molecule has 2 rings (SSSR count). The third-order valence-corrected chi connectivity index (χ3v) is 4.53. The summed E-state index contributed by atoms with van der Waals surface area (Å²) in [6.45, 7) is 9.89. The smallest absolute Gasteiger partial charge is 0.224 e. The lowest BCUT2D eigenvalue weighted by Gasteiger charge is -2.23. The van der Waals surface area contributed by atoms with Gasteiger partial charge in [-0.05, 0) is 43.6 Å². The molecule has 0 aliphatic carbocycles. The van der Waals surface area contributed by atoms with Crippen LogP contribution in [0.2, 0.25) is 0 Å². The fraction of sp³-hybridized carbons (Fsp3) is 0.611. The van der Waals surface area contributed by atoms with Gasteiger partial charge >= 0.3 is 0 Å². The van der Waals surface area contributed by atoms with Crippen LogP contribution in [0.3, 0.4) is 0 Å².